The largest absolute Gasteiger partial charge is 0.493 e. The molecule has 3 heterocycles. The van der Waals surface area contributed by atoms with Crippen LogP contribution in [0.5, 0.6) is 5.75 Å². The minimum Gasteiger partial charge on any atom is -0.493 e. The third kappa shape index (κ3) is 2.61. The molecule has 5 nitrogen and oxygen atoms in total. The molecular formula is C18H16ClN3O2. The first-order chi connectivity index (χ1) is 11.6. The van der Waals surface area contributed by atoms with Gasteiger partial charge in [-0.1, -0.05) is 23.7 Å². The molecule has 1 N–H and O–H groups in total. The van der Waals surface area contributed by atoms with Crippen molar-refractivity contribution in [3.63, 3.8) is 0 Å². The summed E-state index contributed by atoms with van der Waals surface area (Å²) in [6.07, 6.45) is 2.63. The van der Waals surface area contributed by atoms with Crippen molar-refractivity contribution < 1.29 is 9.53 Å². The Kier molecular flexibility index (Phi) is 3.65. The summed E-state index contributed by atoms with van der Waals surface area (Å²) < 4.78 is 7.23. The number of fused-ring (bicyclic) bond motifs is 2. The van der Waals surface area contributed by atoms with Gasteiger partial charge in [-0.3, -0.25) is 9.20 Å². The molecule has 1 aromatic carbocycles. The summed E-state index contributed by atoms with van der Waals surface area (Å²) in [6.45, 7) is 3.01. The average Bonchev–Trinajstić information content (AvgIpc) is 3.15. The Balaban J connectivity index is 1.56. The fraction of sp³-hybridized carbons (Fsp3) is 0.222. The van der Waals surface area contributed by atoms with Crippen LogP contribution >= 0.6 is 11.6 Å². The number of ether oxygens (including phenoxy) is 1. The average molecular weight is 342 g/mol. The van der Waals surface area contributed by atoms with Crippen molar-refractivity contribution >= 4 is 23.2 Å². The van der Waals surface area contributed by atoms with Gasteiger partial charge in [0.25, 0.3) is 5.91 Å². The molecule has 1 amide bonds. The maximum atomic E-state index is 12.6. The van der Waals surface area contributed by atoms with Gasteiger partial charge in [0.05, 0.1) is 17.3 Å². The molecule has 3 aromatic rings. The van der Waals surface area contributed by atoms with Crippen LogP contribution in [0.25, 0.3) is 5.65 Å². The van der Waals surface area contributed by atoms with Crippen molar-refractivity contribution in [1.82, 2.24) is 14.7 Å². The first-order valence-electron chi connectivity index (χ1n) is 7.79. The Labute approximate surface area is 144 Å². The molecule has 0 bridgehead atoms. The molecule has 2 aromatic heterocycles. The quantitative estimate of drug-likeness (QED) is 0.796. The normalized spacial score (nSPS) is 12.9. The number of imidazole rings is 1. The monoisotopic (exact) mass is 341 g/mol. The van der Waals surface area contributed by atoms with E-state index >= 15 is 0 Å². The third-order valence-electron chi connectivity index (χ3n) is 4.18. The minimum absolute atomic E-state index is 0.168. The van der Waals surface area contributed by atoms with Crippen LogP contribution in [0.3, 0.4) is 0 Å². The Bertz CT molecular complexity index is 949. The summed E-state index contributed by atoms with van der Waals surface area (Å²) in [5.74, 6) is 0.774. The first-order valence-corrected chi connectivity index (χ1v) is 8.16. The van der Waals surface area contributed by atoms with E-state index in [2.05, 4.69) is 16.4 Å². The molecule has 0 fully saturated rings. The maximum absolute atomic E-state index is 12.6. The lowest BCUT2D eigenvalue weighted by Crippen LogP contribution is -2.25. The van der Waals surface area contributed by atoms with Gasteiger partial charge in [0, 0.05) is 19.2 Å². The van der Waals surface area contributed by atoms with Crippen molar-refractivity contribution in [2.24, 2.45) is 0 Å². The highest BCUT2D eigenvalue weighted by Gasteiger charge is 2.17. The second kappa shape index (κ2) is 5.83. The van der Waals surface area contributed by atoms with E-state index in [1.165, 1.54) is 5.56 Å². The molecule has 0 spiro atoms. The minimum atomic E-state index is -0.168. The Hall–Kier alpha value is -2.53. The van der Waals surface area contributed by atoms with E-state index in [0.29, 0.717) is 28.6 Å². The standard InChI is InChI=1S/C18H16ClN3O2/c1-11-17(22-10-14(19)3-5-16(22)21-11)18(23)20-9-12-2-4-15-13(8-12)6-7-24-15/h2-5,8,10H,6-7,9H2,1H3,(H,20,23). The van der Waals surface area contributed by atoms with Gasteiger partial charge in [0.15, 0.2) is 0 Å². The topological polar surface area (TPSA) is 55.6 Å². The number of nitrogens with one attached hydrogen (secondary N) is 1. The van der Waals surface area contributed by atoms with E-state index in [9.17, 15) is 4.79 Å². The number of carbonyl (C=O) groups is 1. The van der Waals surface area contributed by atoms with E-state index in [1.54, 1.807) is 22.7 Å². The molecule has 0 aliphatic carbocycles. The van der Waals surface area contributed by atoms with Gasteiger partial charge in [-0.05, 0) is 36.2 Å². The highest BCUT2D eigenvalue weighted by molar-refractivity contribution is 6.30. The van der Waals surface area contributed by atoms with Crippen LogP contribution < -0.4 is 10.1 Å². The Morgan fingerprint density at radius 1 is 1.38 bits per heavy atom. The maximum Gasteiger partial charge on any atom is 0.270 e. The van der Waals surface area contributed by atoms with Crippen LogP contribution in [0.1, 0.15) is 27.3 Å². The SMILES string of the molecule is Cc1nc2ccc(Cl)cn2c1C(=O)NCc1ccc2c(c1)CCO2. The highest BCUT2D eigenvalue weighted by atomic mass is 35.5. The van der Waals surface area contributed by atoms with E-state index < -0.39 is 0 Å². The van der Waals surface area contributed by atoms with Crippen molar-refractivity contribution in [3.05, 3.63) is 64.1 Å². The highest BCUT2D eigenvalue weighted by Crippen LogP contribution is 2.25. The van der Waals surface area contributed by atoms with Gasteiger partial charge in [0.2, 0.25) is 0 Å². The molecule has 0 unspecified atom stereocenters. The molecular weight excluding hydrogens is 326 g/mol. The lowest BCUT2D eigenvalue weighted by molar-refractivity contribution is 0.0944. The fourth-order valence-electron chi connectivity index (χ4n) is 3.03. The number of hydrogen-bond donors (Lipinski definition) is 1. The summed E-state index contributed by atoms with van der Waals surface area (Å²) in [7, 11) is 0. The van der Waals surface area contributed by atoms with Gasteiger partial charge in [-0.25, -0.2) is 4.98 Å². The van der Waals surface area contributed by atoms with Crippen LogP contribution in [0.2, 0.25) is 5.02 Å². The molecule has 1 aliphatic rings. The van der Waals surface area contributed by atoms with Crippen molar-refractivity contribution in [2.45, 2.75) is 19.9 Å². The van der Waals surface area contributed by atoms with Gasteiger partial charge >= 0.3 is 0 Å². The zero-order valence-electron chi connectivity index (χ0n) is 13.2. The zero-order valence-corrected chi connectivity index (χ0v) is 13.9. The molecule has 24 heavy (non-hydrogen) atoms. The molecule has 1 aliphatic heterocycles. The lowest BCUT2D eigenvalue weighted by Gasteiger charge is -2.08. The first kappa shape index (κ1) is 15.0. The predicted octanol–water partition coefficient (Wildman–Crippen LogP) is 3.16. The molecule has 6 heteroatoms. The summed E-state index contributed by atoms with van der Waals surface area (Å²) in [5.41, 5.74) is 4.14. The molecule has 4 rings (SSSR count). The predicted molar refractivity (Wildman–Crippen MR) is 91.8 cm³/mol. The Morgan fingerprint density at radius 2 is 2.25 bits per heavy atom. The van der Waals surface area contributed by atoms with Crippen LogP contribution in [0, 0.1) is 6.92 Å². The number of carbonyl (C=O) groups excluding carboxylic acids is 1. The van der Waals surface area contributed by atoms with Gasteiger partial charge < -0.3 is 10.1 Å². The van der Waals surface area contributed by atoms with Crippen LogP contribution in [0.4, 0.5) is 0 Å². The molecule has 0 saturated heterocycles. The zero-order chi connectivity index (χ0) is 16.7. The van der Waals surface area contributed by atoms with Crippen molar-refractivity contribution in [2.75, 3.05) is 6.61 Å². The molecule has 0 atom stereocenters. The summed E-state index contributed by atoms with van der Waals surface area (Å²) >= 11 is 6.04. The smallest absolute Gasteiger partial charge is 0.270 e. The third-order valence-corrected chi connectivity index (χ3v) is 4.40. The van der Waals surface area contributed by atoms with Crippen LogP contribution in [-0.4, -0.2) is 21.9 Å². The number of pyridine rings is 1. The Morgan fingerprint density at radius 3 is 3.12 bits per heavy atom. The summed E-state index contributed by atoms with van der Waals surface area (Å²) in [4.78, 5) is 17.0. The number of nitrogens with zero attached hydrogens (tertiary/aromatic N) is 2. The fourth-order valence-corrected chi connectivity index (χ4v) is 3.19. The second-order valence-corrected chi connectivity index (χ2v) is 6.28. The van der Waals surface area contributed by atoms with Crippen molar-refractivity contribution in [1.29, 1.82) is 0 Å². The van der Waals surface area contributed by atoms with Crippen LogP contribution in [0.15, 0.2) is 36.5 Å². The van der Waals surface area contributed by atoms with Gasteiger partial charge in [-0.15, -0.1) is 0 Å². The van der Waals surface area contributed by atoms with Gasteiger partial charge in [0.1, 0.15) is 17.1 Å². The van der Waals surface area contributed by atoms with Crippen molar-refractivity contribution in [3.8, 4) is 5.75 Å². The summed E-state index contributed by atoms with van der Waals surface area (Å²) in [6, 6.07) is 9.58. The van der Waals surface area contributed by atoms with E-state index in [-0.39, 0.29) is 5.91 Å². The number of hydrogen-bond acceptors (Lipinski definition) is 3. The number of rotatable bonds is 3. The molecule has 0 saturated carbocycles. The number of aryl methyl sites for hydroxylation is 1. The molecule has 0 radical (unpaired) electrons. The van der Waals surface area contributed by atoms with E-state index in [0.717, 1.165) is 24.3 Å². The number of benzene rings is 1. The van der Waals surface area contributed by atoms with E-state index in [1.807, 2.05) is 19.1 Å². The number of halogens is 1. The lowest BCUT2D eigenvalue weighted by atomic mass is 10.1. The summed E-state index contributed by atoms with van der Waals surface area (Å²) in [5, 5.41) is 3.52. The van der Waals surface area contributed by atoms with Gasteiger partial charge in [-0.2, -0.15) is 0 Å². The van der Waals surface area contributed by atoms with E-state index in [4.69, 9.17) is 16.3 Å². The number of aromatic nitrogens is 2. The van der Waals surface area contributed by atoms with Crippen LogP contribution in [-0.2, 0) is 13.0 Å². The molecule has 122 valence electrons. The number of amides is 1. The second-order valence-electron chi connectivity index (χ2n) is 5.84.